The van der Waals surface area contributed by atoms with Gasteiger partial charge in [0, 0.05) is 19.6 Å². The maximum Gasteiger partial charge on any atom is 0.257 e. The fourth-order valence-corrected chi connectivity index (χ4v) is 5.29. The molecule has 3 saturated carbocycles. The molecule has 1 aromatic rings. The van der Waals surface area contributed by atoms with Gasteiger partial charge in [-0.25, -0.2) is 0 Å². The summed E-state index contributed by atoms with van der Waals surface area (Å²) >= 11 is 0. The second-order valence-electron chi connectivity index (χ2n) is 7.85. The first-order valence-electron chi connectivity index (χ1n) is 9.40. The van der Waals surface area contributed by atoms with Crippen molar-refractivity contribution in [1.29, 1.82) is 0 Å². The maximum atomic E-state index is 13.2. The molecule has 0 aromatic heterocycles. The molecule has 1 heterocycles. The Kier molecular flexibility index (Phi) is 4.25. The van der Waals surface area contributed by atoms with E-state index in [2.05, 4.69) is 4.90 Å². The normalized spacial score (nSPS) is 31.2. The molecule has 4 fully saturated rings. The van der Waals surface area contributed by atoms with Crippen LogP contribution in [0.3, 0.4) is 0 Å². The zero-order valence-corrected chi connectivity index (χ0v) is 14.5. The van der Waals surface area contributed by atoms with Crippen molar-refractivity contribution in [3.8, 4) is 5.75 Å². The van der Waals surface area contributed by atoms with E-state index in [1.54, 1.807) is 0 Å². The Hall–Kier alpha value is -1.55. The number of rotatable bonds is 4. The van der Waals surface area contributed by atoms with Gasteiger partial charge < -0.3 is 15.4 Å². The first-order chi connectivity index (χ1) is 11.7. The van der Waals surface area contributed by atoms with Gasteiger partial charge in [0.2, 0.25) is 0 Å². The summed E-state index contributed by atoms with van der Waals surface area (Å²) in [4.78, 5) is 15.3. The number of carbonyl (C=O) groups is 1. The summed E-state index contributed by atoms with van der Waals surface area (Å²) in [6.45, 7) is 4.80. The quantitative estimate of drug-likeness (QED) is 0.924. The molecule has 0 radical (unpaired) electrons. The standard InChI is InChI=1S/C20H28N2O2/c1-13-2-7-19(24-9-8-21)16(10-13)20(23)22-11-17-14-3-4-15(6-5-14)18(17)12-22/h2,7,10,14-15,17-18H,3-6,8-9,11-12,21H2,1H3/t14?,15?,17-,18+. The lowest BCUT2D eigenvalue weighted by atomic mass is 9.60. The Morgan fingerprint density at radius 2 is 1.79 bits per heavy atom. The highest BCUT2D eigenvalue weighted by Crippen LogP contribution is 2.52. The molecule has 2 bridgehead atoms. The molecule has 5 rings (SSSR count). The van der Waals surface area contributed by atoms with Gasteiger partial charge in [-0.2, -0.15) is 0 Å². The van der Waals surface area contributed by atoms with Crippen LogP contribution in [0.2, 0.25) is 0 Å². The van der Waals surface area contributed by atoms with Gasteiger partial charge in [-0.05, 0) is 68.4 Å². The third kappa shape index (κ3) is 2.71. The molecule has 1 aliphatic heterocycles. The van der Waals surface area contributed by atoms with Crippen LogP contribution in [-0.2, 0) is 0 Å². The van der Waals surface area contributed by atoms with Gasteiger partial charge in [-0.15, -0.1) is 0 Å². The lowest BCUT2D eigenvalue weighted by molar-refractivity contribution is 0.0577. The third-order valence-electron chi connectivity index (χ3n) is 6.47. The number of benzene rings is 1. The number of hydrogen-bond acceptors (Lipinski definition) is 3. The van der Waals surface area contributed by atoms with Gasteiger partial charge in [0.25, 0.3) is 5.91 Å². The van der Waals surface area contributed by atoms with Crippen molar-refractivity contribution in [1.82, 2.24) is 4.90 Å². The number of nitrogens with two attached hydrogens (primary N) is 1. The van der Waals surface area contributed by atoms with Crippen molar-refractivity contribution in [2.45, 2.75) is 32.6 Å². The van der Waals surface area contributed by atoms with Crippen LogP contribution in [0.15, 0.2) is 18.2 Å². The minimum absolute atomic E-state index is 0.138. The molecule has 24 heavy (non-hydrogen) atoms. The molecule has 130 valence electrons. The topological polar surface area (TPSA) is 55.6 Å². The zero-order valence-electron chi connectivity index (χ0n) is 14.5. The predicted molar refractivity (Wildman–Crippen MR) is 94.1 cm³/mol. The van der Waals surface area contributed by atoms with Crippen LogP contribution in [0.25, 0.3) is 0 Å². The molecule has 1 saturated heterocycles. The van der Waals surface area contributed by atoms with E-state index in [4.69, 9.17) is 10.5 Å². The van der Waals surface area contributed by atoms with E-state index in [9.17, 15) is 4.79 Å². The SMILES string of the molecule is Cc1ccc(OCCN)c(C(=O)N2C[C@@H]3C4CCC(CC4)[C@@H]3C2)c1. The molecule has 4 nitrogen and oxygen atoms in total. The van der Waals surface area contributed by atoms with Gasteiger partial charge >= 0.3 is 0 Å². The molecule has 0 unspecified atom stereocenters. The number of ether oxygens (including phenoxy) is 1. The van der Waals surface area contributed by atoms with E-state index >= 15 is 0 Å². The number of nitrogens with zero attached hydrogens (tertiary/aromatic N) is 1. The number of hydrogen-bond donors (Lipinski definition) is 1. The minimum atomic E-state index is 0.138. The summed E-state index contributed by atoms with van der Waals surface area (Å²) < 4.78 is 5.72. The van der Waals surface area contributed by atoms with E-state index in [0.717, 1.165) is 42.3 Å². The van der Waals surface area contributed by atoms with E-state index in [0.29, 0.717) is 24.5 Å². The monoisotopic (exact) mass is 328 g/mol. The molecule has 0 spiro atoms. The molecular weight excluding hydrogens is 300 g/mol. The van der Waals surface area contributed by atoms with E-state index in [-0.39, 0.29) is 5.91 Å². The summed E-state index contributed by atoms with van der Waals surface area (Å²) in [6, 6.07) is 5.86. The molecule has 4 heteroatoms. The largest absolute Gasteiger partial charge is 0.491 e. The van der Waals surface area contributed by atoms with Crippen LogP contribution >= 0.6 is 0 Å². The van der Waals surface area contributed by atoms with Crippen molar-refractivity contribution >= 4 is 5.91 Å². The van der Waals surface area contributed by atoms with Gasteiger partial charge in [-0.3, -0.25) is 4.79 Å². The second-order valence-corrected chi connectivity index (χ2v) is 7.85. The van der Waals surface area contributed by atoms with Crippen LogP contribution in [0.5, 0.6) is 5.75 Å². The molecular formula is C20H28N2O2. The zero-order chi connectivity index (χ0) is 16.7. The van der Waals surface area contributed by atoms with E-state index < -0.39 is 0 Å². The highest BCUT2D eigenvalue weighted by atomic mass is 16.5. The van der Waals surface area contributed by atoms with Crippen LogP contribution in [0, 0.1) is 30.6 Å². The van der Waals surface area contributed by atoms with Crippen molar-refractivity contribution in [3.63, 3.8) is 0 Å². The first-order valence-corrected chi connectivity index (χ1v) is 9.40. The van der Waals surface area contributed by atoms with E-state index in [1.165, 1.54) is 25.7 Å². The highest BCUT2D eigenvalue weighted by Gasteiger charge is 2.49. The number of carbonyl (C=O) groups excluding carboxylic acids is 1. The Bertz CT molecular complexity index is 602. The Labute approximate surface area is 144 Å². The van der Waals surface area contributed by atoms with Crippen molar-refractivity contribution in [2.75, 3.05) is 26.2 Å². The Morgan fingerprint density at radius 3 is 2.38 bits per heavy atom. The fourth-order valence-electron chi connectivity index (χ4n) is 5.29. The average Bonchev–Trinajstić information content (AvgIpc) is 3.08. The van der Waals surface area contributed by atoms with Gasteiger partial charge in [-0.1, -0.05) is 11.6 Å². The van der Waals surface area contributed by atoms with Gasteiger partial charge in [0.15, 0.2) is 0 Å². The van der Waals surface area contributed by atoms with Crippen molar-refractivity contribution < 1.29 is 9.53 Å². The van der Waals surface area contributed by atoms with Crippen LogP contribution < -0.4 is 10.5 Å². The first kappa shape index (κ1) is 15.9. The third-order valence-corrected chi connectivity index (χ3v) is 6.47. The molecule has 2 atom stereocenters. The molecule has 3 aliphatic carbocycles. The number of aryl methyl sites for hydroxylation is 1. The van der Waals surface area contributed by atoms with Crippen LogP contribution in [-0.4, -0.2) is 37.0 Å². The summed E-state index contributed by atoms with van der Waals surface area (Å²) in [5.74, 6) is 3.99. The smallest absolute Gasteiger partial charge is 0.257 e. The fraction of sp³-hybridized carbons (Fsp3) is 0.650. The van der Waals surface area contributed by atoms with Crippen molar-refractivity contribution in [3.05, 3.63) is 29.3 Å². The maximum absolute atomic E-state index is 13.2. The Balaban J connectivity index is 1.55. The van der Waals surface area contributed by atoms with Crippen molar-refractivity contribution in [2.24, 2.45) is 29.4 Å². The molecule has 2 N–H and O–H groups in total. The summed E-state index contributed by atoms with van der Waals surface area (Å²) in [6.07, 6.45) is 5.51. The Morgan fingerprint density at radius 1 is 1.17 bits per heavy atom. The number of amides is 1. The second kappa shape index (κ2) is 6.40. The average molecular weight is 328 g/mol. The molecule has 4 aliphatic rings. The summed E-state index contributed by atoms with van der Waals surface area (Å²) in [7, 11) is 0. The van der Waals surface area contributed by atoms with Gasteiger partial charge in [0.1, 0.15) is 12.4 Å². The number of fused-ring (bicyclic) bond motifs is 2. The van der Waals surface area contributed by atoms with Crippen LogP contribution in [0.1, 0.15) is 41.6 Å². The molecule has 1 amide bonds. The predicted octanol–water partition coefficient (Wildman–Crippen LogP) is 2.84. The lowest BCUT2D eigenvalue weighted by Gasteiger charge is -2.44. The minimum Gasteiger partial charge on any atom is -0.491 e. The van der Waals surface area contributed by atoms with Gasteiger partial charge in [0.05, 0.1) is 5.56 Å². The molecule has 1 aromatic carbocycles. The number of likely N-dealkylation sites (tertiary alicyclic amines) is 1. The highest BCUT2D eigenvalue weighted by molar-refractivity contribution is 5.97. The van der Waals surface area contributed by atoms with E-state index in [1.807, 2.05) is 25.1 Å². The van der Waals surface area contributed by atoms with Crippen LogP contribution in [0.4, 0.5) is 0 Å². The summed E-state index contributed by atoms with van der Waals surface area (Å²) in [5, 5.41) is 0. The lowest BCUT2D eigenvalue weighted by Crippen LogP contribution is -2.38. The summed E-state index contributed by atoms with van der Waals surface area (Å²) in [5.41, 5.74) is 7.35.